The van der Waals surface area contributed by atoms with Gasteiger partial charge in [-0.25, -0.2) is 0 Å². The number of aliphatic hydroxyl groups excluding tert-OH is 2. The van der Waals surface area contributed by atoms with E-state index < -0.39 is 18.3 Å². The van der Waals surface area contributed by atoms with E-state index in [1.807, 2.05) is 18.9 Å². The Morgan fingerprint density at radius 3 is 3.06 bits per heavy atom. The van der Waals surface area contributed by atoms with Crippen LogP contribution in [0.1, 0.15) is 13.3 Å². The molecule has 1 fully saturated rings. The fourth-order valence-corrected chi connectivity index (χ4v) is 3.35. The molecule has 2 heterocycles. The molecule has 18 heavy (non-hydrogen) atoms. The van der Waals surface area contributed by atoms with E-state index in [4.69, 9.17) is 4.74 Å². The van der Waals surface area contributed by atoms with Crippen molar-refractivity contribution in [3.63, 3.8) is 0 Å². The molecule has 0 aromatic heterocycles. The van der Waals surface area contributed by atoms with Gasteiger partial charge in [-0.2, -0.15) is 0 Å². The third-order valence-corrected chi connectivity index (χ3v) is 4.61. The van der Waals surface area contributed by atoms with Crippen molar-refractivity contribution in [3.05, 3.63) is 12.7 Å². The molecule has 2 unspecified atom stereocenters. The lowest BCUT2D eigenvalue weighted by atomic mass is 9.98. The summed E-state index contributed by atoms with van der Waals surface area (Å²) in [6.07, 6.45) is 0.124. The van der Waals surface area contributed by atoms with E-state index in [-0.39, 0.29) is 11.5 Å². The summed E-state index contributed by atoms with van der Waals surface area (Å²) in [4.78, 5) is 6.53. The van der Waals surface area contributed by atoms with Gasteiger partial charge in [0.25, 0.3) is 0 Å². The van der Waals surface area contributed by atoms with Crippen LogP contribution in [0.2, 0.25) is 0 Å². The van der Waals surface area contributed by atoms with E-state index in [0.717, 1.165) is 11.7 Å². The third-order valence-electron chi connectivity index (χ3n) is 3.36. The molecule has 0 spiro atoms. The summed E-state index contributed by atoms with van der Waals surface area (Å²) in [6, 6.07) is -0.229. The second-order valence-electron chi connectivity index (χ2n) is 4.61. The van der Waals surface area contributed by atoms with E-state index in [0.29, 0.717) is 6.42 Å². The van der Waals surface area contributed by atoms with Crippen molar-refractivity contribution in [1.29, 1.82) is 0 Å². The summed E-state index contributed by atoms with van der Waals surface area (Å²) in [5.74, 6) is 0. The molecule has 1 saturated heterocycles. The monoisotopic (exact) mass is 272 g/mol. The van der Waals surface area contributed by atoms with Gasteiger partial charge in [-0.05, 0) is 6.92 Å². The average molecular weight is 272 g/mol. The summed E-state index contributed by atoms with van der Waals surface area (Å²) >= 11 is 1.51. The molecule has 2 aliphatic rings. The summed E-state index contributed by atoms with van der Waals surface area (Å²) in [6.45, 7) is 6.46. The van der Waals surface area contributed by atoms with Crippen molar-refractivity contribution in [1.82, 2.24) is 4.90 Å². The number of rotatable bonds is 3. The Morgan fingerprint density at radius 1 is 1.72 bits per heavy atom. The molecule has 0 radical (unpaired) electrons. The molecule has 5 nitrogen and oxygen atoms in total. The first-order valence-electron chi connectivity index (χ1n) is 6.16. The highest BCUT2D eigenvalue weighted by molar-refractivity contribution is 8.14. The molecule has 0 saturated carbocycles. The maximum absolute atomic E-state index is 10.1. The summed E-state index contributed by atoms with van der Waals surface area (Å²) in [5, 5.41) is 20.7. The van der Waals surface area contributed by atoms with E-state index in [1.165, 1.54) is 17.8 Å². The minimum absolute atomic E-state index is 0.211. The van der Waals surface area contributed by atoms with Gasteiger partial charge in [0.15, 0.2) is 5.17 Å². The van der Waals surface area contributed by atoms with E-state index in [9.17, 15) is 10.2 Å². The van der Waals surface area contributed by atoms with Crippen molar-refractivity contribution in [2.24, 2.45) is 4.99 Å². The Bertz CT molecular complexity index is 350. The lowest BCUT2D eigenvalue weighted by Crippen LogP contribution is -2.47. The SMILES string of the molecule is C=CC(O)C1C[C@H](O)[C@H]2N=C(N(C)CC)S[C@H]2O1. The van der Waals surface area contributed by atoms with Crippen molar-refractivity contribution >= 4 is 16.9 Å². The molecule has 2 N–H and O–H groups in total. The van der Waals surface area contributed by atoms with Gasteiger partial charge < -0.3 is 19.8 Å². The summed E-state index contributed by atoms with van der Waals surface area (Å²) in [7, 11) is 1.96. The van der Waals surface area contributed by atoms with Crippen LogP contribution in [-0.4, -0.2) is 63.7 Å². The van der Waals surface area contributed by atoms with Gasteiger partial charge in [-0.15, -0.1) is 6.58 Å². The number of ether oxygens (including phenoxy) is 1. The van der Waals surface area contributed by atoms with Crippen molar-refractivity contribution < 1.29 is 14.9 Å². The standard InChI is InChI=1S/C12H20N2O3S/c1-4-7(15)9-6-8(16)10-11(17-9)18-12(13-10)14(3)5-2/h4,7-11,15-16H,1,5-6H2,2-3H3/t7?,8-,9?,10+,11+/m0/s1. The van der Waals surface area contributed by atoms with Gasteiger partial charge >= 0.3 is 0 Å². The molecule has 102 valence electrons. The van der Waals surface area contributed by atoms with E-state index >= 15 is 0 Å². The molecule has 0 aromatic rings. The Labute approximate surface area is 112 Å². The number of aliphatic hydroxyl groups is 2. The molecular weight excluding hydrogens is 252 g/mol. The normalized spacial score (nSPS) is 36.8. The highest BCUT2D eigenvalue weighted by Gasteiger charge is 2.44. The van der Waals surface area contributed by atoms with Gasteiger partial charge in [0.1, 0.15) is 11.5 Å². The Morgan fingerprint density at radius 2 is 2.44 bits per heavy atom. The molecule has 2 rings (SSSR count). The quantitative estimate of drug-likeness (QED) is 0.730. The zero-order valence-corrected chi connectivity index (χ0v) is 11.5. The number of hydrogen-bond donors (Lipinski definition) is 2. The van der Waals surface area contributed by atoms with Crippen molar-refractivity contribution in [3.8, 4) is 0 Å². The Kier molecular flexibility index (Phi) is 4.32. The first kappa shape index (κ1) is 13.9. The van der Waals surface area contributed by atoms with Crippen LogP contribution >= 0.6 is 11.8 Å². The largest absolute Gasteiger partial charge is 0.391 e. The molecule has 5 atom stereocenters. The van der Waals surface area contributed by atoms with Gasteiger partial charge in [0.05, 0.1) is 18.3 Å². The minimum atomic E-state index is -0.742. The van der Waals surface area contributed by atoms with Crippen LogP contribution in [0.4, 0.5) is 0 Å². The van der Waals surface area contributed by atoms with Crippen LogP contribution in [0.15, 0.2) is 17.6 Å². The second kappa shape index (κ2) is 5.61. The number of aliphatic imine (C=N–C) groups is 1. The zero-order valence-electron chi connectivity index (χ0n) is 10.7. The van der Waals surface area contributed by atoms with Crippen molar-refractivity contribution in [2.75, 3.05) is 13.6 Å². The predicted octanol–water partition coefficient (Wildman–Crippen LogP) is 0.432. The smallest absolute Gasteiger partial charge is 0.162 e. The van der Waals surface area contributed by atoms with Crippen LogP contribution in [-0.2, 0) is 4.74 Å². The molecule has 2 aliphatic heterocycles. The maximum atomic E-state index is 10.1. The molecule has 0 aliphatic carbocycles. The Hall–Kier alpha value is -0.560. The van der Waals surface area contributed by atoms with Crippen LogP contribution in [0.25, 0.3) is 0 Å². The molecule has 6 heteroatoms. The molecular formula is C12H20N2O3S. The maximum Gasteiger partial charge on any atom is 0.162 e. The van der Waals surface area contributed by atoms with Crippen LogP contribution < -0.4 is 0 Å². The van der Waals surface area contributed by atoms with Gasteiger partial charge in [-0.3, -0.25) is 4.99 Å². The number of nitrogens with zero attached hydrogens (tertiary/aromatic N) is 2. The summed E-state index contributed by atoms with van der Waals surface area (Å²) in [5.41, 5.74) is -0.211. The topological polar surface area (TPSA) is 65.3 Å². The lowest BCUT2D eigenvalue weighted by Gasteiger charge is -2.35. The van der Waals surface area contributed by atoms with Gasteiger partial charge in [0, 0.05) is 20.0 Å². The van der Waals surface area contributed by atoms with Crippen LogP contribution in [0.5, 0.6) is 0 Å². The van der Waals surface area contributed by atoms with E-state index in [2.05, 4.69) is 11.6 Å². The fraction of sp³-hybridized carbons (Fsp3) is 0.750. The third kappa shape index (κ3) is 2.56. The highest BCUT2D eigenvalue weighted by atomic mass is 32.2. The number of amidine groups is 1. The fourth-order valence-electron chi connectivity index (χ4n) is 2.07. The average Bonchev–Trinajstić information content (AvgIpc) is 2.81. The number of fused-ring (bicyclic) bond motifs is 1. The number of thioether (sulfide) groups is 1. The van der Waals surface area contributed by atoms with Gasteiger partial charge in [-0.1, -0.05) is 17.8 Å². The van der Waals surface area contributed by atoms with Crippen molar-refractivity contribution in [2.45, 2.75) is 43.1 Å². The van der Waals surface area contributed by atoms with Crippen LogP contribution in [0.3, 0.4) is 0 Å². The Balaban J connectivity index is 2.06. The highest BCUT2D eigenvalue weighted by Crippen LogP contribution is 2.37. The lowest BCUT2D eigenvalue weighted by molar-refractivity contribution is -0.105. The summed E-state index contributed by atoms with van der Waals surface area (Å²) < 4.78 is 5.80. The zero-order chi connectivity index (χ0) is 13.3. The first-order chi connectivity index (χ1) is 8.56. The molecule has 0 aromatic carbocycles. The molecule has 0 bridgehead atoms. The van der Waals surface area contributed by atoms with E-state index in [1.54, 1.807) is 0 Å². The van der Waals surface area contributed by atoms with Gasteiger partial charge in [0.2, 0.25) is 0 Å². The van der Waals surface area contributed by atoms with Crippen LogP contribution in [0, 0.1) is 0 Å². The molecule has 0 amide bonds. The second-order valence-corrected chi connectivity index (χ2v) is 5.67. The number of hydrogen-bond acceptors (Lipinski definition) is 6. The predicted molar refractivity (Wildman–Crippen MR) is 72.6 cm³/mol. The minimum Gasteiger partial charge on any atom is -0.391 e. The first-order valence-corrected chi connectivity index (χ1v) is 7.04.